The van der Waals surface area contributed by atoms with E-state index in [9.17, 15) is 0 Å². The van der Waals surface area contributed by atoms with Crippen LogP contribution >= 0.6 is 0 Å². The highest BCUT2D eigenvalue weighted by Gasteiger charge is 2.37. The summed E-state index contributed by atoms with van der Waals surface area (Å²) in [6.07, 6.45) is 2.79. The largest absolute Gasteiger partial charge is 0.298 e. The first kappa shape index (κ1) is 14.1. The zero-order valence-electron chi connectivity index (χ0n) is 13.2. The summed E-state index contributed by atoms with van der Waals surface area (Å²) in [5.74, 6) is 0.737. The molecule has 0 saturated carbocycles. The summed E-state index contributed by atoms with van der Waals surface area (Å²) in [4.78, 5) is 5.48. The Kier molecular flexibility index (Phi) is 4.13. The molecule has 2 nitrogen and oxygen atoms in total. The Labute approximate surface area is 123 Å². The predicted molar refractivity (Wildman–Crippen MR) is 84.8 cm³/mol. The summed E-state index contributed by atoms with van der Waals surface area (Å²) >= 11 is 0. The third-order valence-corrected chi connectivity index (χ3v) is 5.07. The van der Waals surface area contributed by atoms with Crippen LogP contribution in [0.25, 0.3) is 0 Å². The Hall–Kier alpha value is -0.860. The number of piperazine rings is 1. The van der Waals surface area contributed by atoms with Crippen molar-refractivity contribution in [3.8, 4) is 0 Å². The van der Waals surface area contributed by atoms with Gasteiger partial charge in [0.15, 0.2) is 0 Å². The van der Waals surface area contributed by atoms with Crippen LogP contribution in [0.3, 0.4) is 0 Å². The van der Waals surface area contributed by atoms with Crippen molar-refractivity contribution in [3.63, 3.8) is 0 Å². The average molecular weight is 272 g/mol. The topological polar surface area (TPSA) is 6.48 Å². The average Bonchev–Trinajstić information content (AvgIpc) is 2.84. The van der Waals surface area contributed by atoms with Crippen LogP contribution in [0.1, 0.15) is 37.8 Å². The Morgan fingerprint density at radius 2 is 2.10 bits per heavy atom. The van der Waals surface area contributed by atoms with Gasteiger partial charge in [-0.15, -0.1) is 0 Å². The van der Waals surface area contributed by atoms with Gasteiger partial charge in [0.25, 0.3) is 0 Å². The summed E-state index contributed by atoms with van der Waals surface area (Å²) < 4.78 is 0. The van der Waals surface area contributed by atoms with Gasteiger partial charge in [0.1, 0.15) is 0 Å². The zero-order valence-corrected chi connectivity index (χ0v) is 13.2. The summed E-state index contributed by atoms with van der Waals surface area (Å²) in [7, 11) is 0. The fraction of sp³-hybridized carbons (Fsp3) is 0.667. The van der Waals surface area contributed by atoms with Gasteiger partial charge in [-0.25, -0.2) is 0 Å². The highest BCUT2D eigenvalue weighted by Crippen LogP contribution is 2.28. The molecule has 20 heavy (non-hydrogen) atoms. The molecule has 0 aliphatic carbocycles. The highest BCUT2D eigenvalue weighted by molar-refractivity contribution is 5.22. The molecule has 1 aromatic rings. The second-order valence-corrected chi connectivity index (χ2v) is 7.02. The van der Waals surface area contributed by atoms with Crippen molar-refractivity contribution in [1.29, 1.82) is 0 Å². The van der Waals surface area contributed by atoms with Crippen molar-refractivity contribution in [2.24, 2.45) is 5.92 Å². The second-order valence-electron chi connectivity index (χ2n) is 7.02. The lowest BCUT2D eigenvalue weighted by Gasteiger charge is -2.45. The lowest BCUT2D eigenvalue weighted by atomic mass is 9.96. The van der Waals surface area contributed by atoms with Gasteiger partial charge < -0.3 is 0 Å². The van der Waals surface area contributed by atoms with E-state index in [-0.39, 0.29) is 0 Å². The molecule has 110 valence electrons. The molecule has 2 heteroatoms. The molecule has 2 aliphatic heterocycles. The lowest BCUT2D eigenvalue weighted by Crippen LogP contribution is -2.57. The Morgan fingerprint density at radius 3 is 2.85 bits per heavy atom. The van der Waals surface area contributed by atoms with Crippen molar-refractivity contribution >= 4 is 0 Å². The van der Waals surface area contributed by atoms with Gasteiger partial charge in [0.05, 0.1) is 0 Å². The molecule has 2 fully saturated rings. The number of hydrogen-bond acceptors (Lipinski definition) is 2. The number of aryl methyl sites for hydroxylation is 1. The van der Waals surface area contributed by atoms with Crippen LogP contribution in [0.15, 0.2) is 24.3 Å². The molecule has 1 aromatic carbocycles. The molecular weight excluding hydrogens is 244 g/mol. The predicted octanol–water partition coefficient (Wildman–Crippen LogP) is 3.30. The van der Waals surface area contributed by atoms with E-state index in [2.05, 4.69) is 54.8 Å². The summed E-state index contributed by atoms with van der Waals surface area (Å²) in [5.41, 5.74) is 2.85. The van der Waals surface area contributed by atoms with Crippen LogP contribution in [0.4, 0.5) is 0 Å². The molecule has 0 spiro atoms. The summed E-state index contributed by atoms with van der Waals surface area (Å²) in [5, 5.41) is 0. The zero-order chi connectivity index (χ0) is 14.1. The number of benzene rings is 1. The lowest BCUT2D eigenvalue weighted by molar-refractivity contribution is 0.0239. The molecule has 2 saturated heterocycles. The van der Waals surface area contributed by atoms with E-state index in [1.807, 2.05) is 0 Å². The van der Waals surface area contributed by atoms with Gasteiger partial charge in [-0.1, -0.05) is 43.7 Å². The smallest absolute Gasteiger partial charge is 0.0250 e. The van der Waals surface area contributed by atoms with Gasteiger partial charge in [-0.2, -0.15) is 0 Å². The normalized spacial score (nSPS) is 28.0. The number of rotatable bonds is 3. The Balaban J connectivity index is 1.75. The van der Waals surface area contributed by atoms with Crippen molar-refractivity contribution in [1.82, 2.24) is 9.80 Å². The van der Waals surface area contributed by atoms with Crippen LogP contribution in [0, 0.1) is 12.8 Å². The number of nitrogens with zero attached hydrogens (tertiary/aromatic N) is 2. The first-order valence-corrected chi connectivity index (χ1v) is 8.17. The van der Waals surface area contributed by atoms with E-state index >= 15 is 0 Å². The molecular formula is C18H28N2. The summed E-state index contributed by atoms with van der Waals surface area (Å²) in [6.45, 7) is 11.9. The monoisotopic (exact) mass is 272 g/mol. The van der Waals surface area contributed by atoms with Gasteiger partial charge >= 0.3 is 0 Å². The van der Waals surface area contributed by atoms with Gasteiger partial charge in [0, 0.05) is 31.7 Å². The minimum Gasteiger partial charge on any atom is -0.298 e. The molecule has 0 aromatic heterocycles. The fourth-order valence-corrected chi connectivity index (χ4v) is 3.96. The Morgan fingerprint density at radius 1 is 1.25 bits per heavy atom. The third kappa shape index (κ3) is 2.91. The molecule has 3 rings (SSSR count). The van der Waals surface area contributed by atoms with Crippen LogP contribution < -0.4 is 0 Å². The number of fused-ring (bicyclic) bond motifs is 1. The van der Waals surface area contributed by atoms with Crippen molar-refractivity contribution in [2.45, 2.75) is 52.2 Å². The first-order valence-electron chi connectivity index (χ1n) is 8.17. The van der Waals surface area contributed by atoms with Crippen molar-refractivity contribution in [2.75, 3.05) is 19.6 Å². The van der Waals surface area contributed by atoms with Crippen molar-refractivity contribution in [3.05, 3.63) is 35.4 Å². The van der Waals surface area contributed by atoms with E-state index in [0.29, 0.717) is 6.04 Å². The van der Waals surface area contributed by atoms with E-state index in [4.69, 9.17) is 0 Å². The maximum atomic E-state index is 2.74. The molecule has 2 atom stereocenters. The van der Waals surface area contributed by atoms with Gasteiger partial charge in [-0.3, -0.25) is 9.80 Å². The van der Waals surface area contributed by atoms with E-state index < -0.39 is 0 Å². The van der Waals surface area contributed by atoms with E-state index in [1.165, 1.54) is 43.6 Å². The third-order valence-electron chi connectivity index (χ3n) is 5.07. The van der Waals surface area contributed by atoms with Crippen LogP contribution in [0.5, 0.6) is 0 Å². The molecule has 0 N–H and O–H groups in total. The first-order chi connectivity index (χ1) is 9.63. The molecule has 0 amide bonds. The standard InChI is InChI=1S/C18H28N2/c1-14(2)18-13-19-9-5-8-17(19)12-20(18)11-16-7-4-6-15(3)10-16/h4,6-7,10,14,17-18H,5,8-9,11-13H2,1-3H3. The minimum atomic E-state index is 0.713. The second kappa shape index (κ2) is 5.87. The van der Waals surface area contributed by atoms with Gasteiger partial charge in [-0.05, 0) is 37.8 Å². The van der Waals surface area contributed by atoms with E-state index in [0.717, 1.165) is 18.5 Å². The Bertz CT molecular complexity index is 454. The highest BCUT2D eigenvalue weighted by atomic mass is 15.3. The molecule has 0 radical (unpaired) electrons. The SMILES string of the molecule is Cc1cccc(CN2CC3CCCN3CC2C(C)C)c1. The molecule has 2 heterocycles. The summed E-state index contributed by atoms with van der Waals surface area (Å²) in [6, 6.07) is 10.5. The van der Waals surface area contributed by atoms with E-state index in [1.54, 1.807) is 0 Å². The molecule has 2 unspecified atom stereocenters. The quantitative estimate of drug-likeness (QED) is 0.833. The van der Waals surface area contributed by atoms with Crippen LogP contribution in [-0.4, -0.2) is 41.5 Å². The fourth-order valence-electron chi connectivity index (χ4n) is 3.96. The molecule has 2 aliphatic rings. The van der Waals surface area contributed by atoms with Gasteiger partial charge in [0.2, 0.25) is 0 Å². The van der Waals surface area contributed by atoms with Crippen LogP contribution in [0.2, 0.25) is 0 Å². The molecule has 0 bridgehead atoms. The minimum absolute atomic E-state index is 0.713. The maximum Gasteiger partial charge on any atom is 0.0250 e. The van der Waals surface area contributed by atoms with Crippen molar-refractivity contribution < 1.29 is 0 Å². The maximum absolute atomic E-state index is 2.74. The van der Waals surface area contributed by atoms with Crippen LogP contribution in [-0.2, 0) is 6.54 Å². The number of hydrogen-bond donors (Lipinski definition) is 0.